The smallest absolute Gasteiger partial charge is 0.278 e. The van der Waals surface area contributed by atoms with E-state index in [0.717, 1.165) is 4.90 Å². The van der Waals surface area contributed by atoms with Crippen molar-refractivity contribution in [3.63, 3.8) is 0 Å². The number of rotatable bonds is 2. The van der Waals surface area contributed by atoms with E-state index >= 15 is 0 Å². The van der Waals surface area contributed by atoms with Gasteiger partial charge in [0.05, 0.1) is 12.8 Å². The Morgan fingerprint density at radius 2 is 1.71 bits per heavy atom. The topological polar surface area (TPSA) is 46.6 Å². The molecule has 0 atom stereocenters. The maximum absolute atomic E-state index is 11.7. The molecule has 0 radical (unpaired) electrons. The van der Waals surface area contributed by atoms with Gasteiger partial charge in [0.2, 0.25) is 0 Å². The number of carbonyl (C=O) groups is 2. The third-order valence-corrected chi connectivity index (χ3v) is 3.08. The number of anilines is 1. The second-order valence-electron chi connectivity index (χ2n) is 3.28. The zero-order valence-electron chi connectivity index (χ0n) is 8.74. The molecule has 0 spiro atoms. The largest absolute Gasteiger partial charge is 0.497 e. The molecule has 17 heavy (non-hydrogen) atoms. The molecule has 0 saturated carbocycles. The van der Waals surface area contributed by atoms with Crippen molar-refractivity contribution >= 4 is 40.7 Å². The van der Waals surface area contributed by atoms with Crippen LogP contribution < -0.4 is 9.64 Å². The molecule has 88 valence electrons. The zero-order valence-corrected chi connectivity index (χ0v) is 10.2. The number of benzene rings is 1. The van der Waals surface area contributed by atoms with Crippen LogP contribution in [0.3, 0.4) is 0 Å². The average molecular weight is 272 g/mol. The van der Waals surface area contributed by atoms with Crippen LogP contribution in [0.1, 0.15) is 0 Å². The van der Waals surface area contributed by atoms with Gasteiger partial charge >= 0.3 is 0 Å². The van der Waals surface area contributed by atoms with E-state index in [4.69, 9.17) is 27.9 Å². The van der Waals surface area contributed by atoms with Gasteiger partial charge in [-0.15, -0.1) is 0 Å². The molecule has 6 heteroatoms. The number of nitrogens with zero attached hydrogens (tertiary/aromatic N) is 1. The van der Waals surface area contributed by atoms with E-state index in [-0.39, 0.29) is 10.1 Å². The number of methoxy groups -OCH3 is 1. The highest BCUT2D eigenvalue weighted by Gasteiger charge is 2.37. The summed E-state index contributed by atoms with van der Waals surface area (Å²) in [6.07, 6.45) is 0. The van der Waals surface area contributed by atoms with Gasteiger partial charge < -0.3 is 4.74 Å². The first-order chi connectivity index (χ1) is 8.06. The Labute approximate surface area is 107 Å². The maximum atomic E-state index is 11.7. The number of imide groups is 1. The van der Waals surface area contributed by atoms with E-state index in [9.17, 15) is 9.59 Å². The van der Waals surface area contributed by atoms with Crippen LogP contribution in [-0.4, -0.2) is 18.9 Å². The average Bonchev–Trinajstić information content (AvgIpc) is 2.54. The summed E-state index contributed by atoms with van der Waals surface area (Å²) in [6.45, 7) is 0. The summed E-state index contributed by atoms with van der Waals surface area (Å²) in [5.41, 5.74) is 0.369. The number of hydrogen-bond donors (Lipinski definition) is 0. The zero-order chi connectivity index (χ0) is 12.6. The molecular weight excluding hydrogens is 265 g/mol. The summed E-state index contributed by atoms with van der Waals surface area (Å²) in [6, 6.07) is 6.51. The van der Waals surface area contributed by atoms with Crippen molar-refractivity contribution in [3.8, 4) is 5.75 Å². The van der Waals surface area contributed by atoms with Crippen LogP contribution >= 0.6 is 23.2 Å². The van der Waals surface area contributed by atoms with Crippen molar-refractivity contribution < 1.29 is 14.3 Å². The lowest BCUT2D eigenvalue weighted by atomic mass is 10.2. The van der Waals surface area contributed by atoms with Gasteiger partial charge in [-0.3, -0.25) is 9.59 Å². The lowest BCUT2D eigenvalue weighted by molar-refractivity contribution is -0.120. The van der Waals surface area contributed by atoms with E-state index < -0.39 is 11.8 Å². The minimum absolute atomic E-state index is 0.264. The predicted molar refractivity (Wildman–Crippen MR) is 64.2 cm³/mol. The molecule has 0 saturated heterocycles. The summed E-state index contributed by atoms with van der Waals surface area (Å²) in [5.74, 6) is -0.730. The molecule has 2 rings (SSSR count). The number of ether oxygens (including phenoxy) is 1. The fraction of sp³-hybridized carbons (Fsp3) is 0.0909. The van der Waals surface area contributed by atoms with Crippen LogP contribution in [0, 0.1) is 0 Å². The Bertz CT molecular complexity index is 515. The molecule has 1 aromatic rings. The minimum atomic E-state index is -0.630. The van der Waals surface area contributed by atoms with Gasteiger partial charge in [-0.1, -0.05) is 29.3 Å². The first-order valence-corrected chi connectivity index (χ1v) is 5.40. The number of carbonyl (C=O) groups excluding carboxylic acids is 2. The predicted octanol–water partition coefficient (Wildman–Crippen LogP) is 2.26. The fourth-order valence-corrected chi connectivity index (χ4v) is 1.79. The van der Waals surface area contributed by atoms with Gasteiger partial charge in [0.1, 0.15) is 15.8 Å². The second kappa shape index (κ2) is 4.39. The highest BCUT2D eigenvalue weighted by atomic mass is 35.5. The van der Waals surface area contributed by atoms with Gasteiger partial charge in [-0.25, -0.2) is 4.90 Å². The van der Waals surface area contributed by atoms with Crippen LogP contribution in [0.15, 0.2) is 34.3 Å². The van der Waals surface area contributed by atoms with Crippen LogP contribution in [0.2, 0.25) is 0 Å². The lowest BCUT2D eigenvalue weighted by Crippen LogP contribution is -2.30. The first-order valence-electron chi connectivity index (χ1n) is 4.64. The molecule has 0 N–H and O–H groups in total. The van der Waals surface area contributed by atoms with Crippen molar-refractivity contribution in [1.82, 2.24) is 0 Å². The van der Waals surface area contributed by atoms with Crippen molar-refractivity contribution in [2.75, 3.05) is 12.0 Å². The van der Waals surface area contributed by atoms with Crippen molar-refractivity contribution in [2.24, 2.45) is 0 Å². The van der Waals surface area contributed by atoms with E-state index in [1.54, 1.807) is 24.3 Å². The van der Waals surface area contributed by atoms with Crippen LogP contribution in [0.5, 0.6) is 5.75 Å². The van der Waals surface area contributed by atoms with Crippen LogP contribution in [0.25, 0.3) is 0 Å². The molecule has 4 nitrogen and oxygen atoms in total. The quantitative estimate of drug-likeness (QED) is 0.776. The Morgan fingerprint density at radius 1 is 1.12 bits per heavy atom. The van der Waals surface area contributed by atoms with Crippen molar-refractivity contribution in [1.29, 1.82) is 0 Å². The van der Waals surface area contributed by atoms with E-state index in [1.165, 1.54) is 7.11 Å². The molecular formula is C11H7Cl2NO3. The summed E-state index contributed by atoms with van der Waals surface area (Å²) in [5, 5.41) is -0.529. The summed E-state index contributed by atoms with van der Waals surface area (Å²) in [7, 11) is 1.49. The van der Waals surface area contributed by atoms with Crippen LogP contribution in [-0.2, 0) is 9.59 Å². The van der Waals surface area contributed by atoms with Gasteiger partial charge in [0, 0.05) is 6.07 Å². The summed E-state index contributed by atoms with van der Waals surface area (Å²) in [4.78, 5) is 24.3. The Hall–Kier alpha value is -1.52. The van der Waals surface area contributed by atoms with Crippen LogP contribution in [0.4, 0.5) is 5.69 Å². The van der Waals surface area contributed by atoms with E-state index in [0.29, 0.717) is 11.4 Å². The molecule has 2 amide bonds. The molecule has 0 unspecified atom stereocenters. The highest BCUT2D eigenvalue weighted by Crippen LogP contribution is 2.32. The van der Waals surface area contributed by atoms with Crippen molar-refractivity contribution in [2.45, 2.75) is 0 Å². The Balaban J connectivity index is 2.43. The fourth-order valence-electron chi connectivity index (χ4n) is 1.46. The molecule has 1 heterocycles. The second-order valence-corrected chi connectivity index (χ2v) is 4.03. The van der Waals surface area contributed by atoms with Gasteiger partial charge in [-0.05, 0) is 12.1 Å². The van der Waals surface area contributed by atoms with E-state index in [2.05, 4.69) is 0 Å². The number of halogens is 2. The number of amides is 2. The molecule has 0 aromatic heterocycles. The Morgan fingerprint density at radius 3 is 2.24 bits per heavy atom. The Kier molecular flexibility index (Phi) is 3.09. The normalized spacial score (nSPS) is 15.8. The summed E-state index contributed by atoms with van der Waals surface area (Å²) >= 11 is 11.3. The van der Waals surface area contributed by atoms with E-state index in [1.807, 2.05) is 0 Å². The SMILES string of the molecule is COc1cccc(N2C(=O)C(Cl)=C(Cl)C2=O)c1. The highest BCUT2D eigenvalue weighted by molar-refractivity contribution is 6.62. The molecule has 1 aromatic carbocycles. The summed E-state index contributed by atoms with van der Waals surface area (Å²) < 4.78 is 5.01. The monoisotopic (exact) mass is 271 g/mol. The number of hydrogen-bond acceptors (Lipinski definition) is 3. The third-order valence-electron chi connectivity index (χ3n) is 2.29. The van der Waals surface area contributed by atoms with Gasteiger partial charge in [-0.2, -0.15) is 0 Å². The van der Waals surface area contributed by atoms with Crippen molar-refractivity contribution in [3.05, 3.63) is 34.3 Å². The molecule has 0 aliphatic carbocycles. The minimum Gasteiger partial charge on any atom is -0.497 e. The van der Waals surface area contributed by atoms with Gasteiger partial charge in [0.25, 0.3) is 11.8 Å². The molecule has 0 fully saturated rings. The standard InChI is InChI=1S/C11H7Cl2NO3/c1-17-7-4-2-3-6(5-7)14-10(15)8(12)9(13)11(14)16/h2-5H,1H3. The third kappa shape index (κ3) is 1.90. The molecule has 1 aliphatic rings. The molecule has 0 bridgehead atoms. The first kappa shape index (κ1) is 12.0. The van der Waals surface area contributed by atoms with Gasteiger partial charge in [0.15, 0.2) is 0 Å². The lowest BCUT2D eigenvalue weighted by Gasteiger charge is -2.14. The maximum Gasteiger partial charge on any atom is 0.278 e. The molecule has 1 aliphatic heterocycles.